The van der Waals surface area contributed by atoms with E-state index in [1.807, 2.05) is 13.8 Å². The van der Waals surface area contributed by atoms with Gasteiger partial charge in [-0.2, -0.15) is 0 Å². The van der Waals surface area contributed by atoms with Gasteiger partial charge >= 0.3 is 0 Å². The highest BCUT2D eigenvalue weighted by molar-refractivity contribution is 5.79. The highest BCUT2D eigenvalue weighted by Gasteiger charge is 2.07. The van der Waals surface area contributed by atoms with Crippen LogP contribution in [0.1, 0.15) is 44.7 Å². The van der Waals surface area contributed by atoms with E-state index in [9.17, 15) is 0 Å². The average Bonchev–Trinajstić information content (AvgIpc) is 2.43. The maximum absolute atomic E-state index is 5.89. The van der Waals surface area contributed by atoms with Crippen LogP contribution in [-0.4, -0.2) is 25.7 Å². The smallest absolute Gasteiger partial charge is 0.191 e. The summed E-state index contributed by atoms with van der Waals surface area (Å²) >= 11 is 0. The largest absolute Gasteiger partial charge is 0.491 e. The van der Waals surface area contributed by atoms with Gasteiger partial charge in [0.25, 0.3) is 0 Å². The van der Waals surface area contributed by atoms with Gasteiger partial charge in [0, 0.05) is 25.7 Å². The van der Waals surface area contributed by atoms with Crippen molar-refractivity contribution in [2.24, 2.45) is 4.99 Å². The molecule has 0 aromatic heterocycles. The van der Waals surface area contributed by atoms with Gasteiger partial charge in [-0.3, -0.25) is 4.99 Å². The van der Waals surface area contributed by atoms with Crippen molar-refractivity contribution in [2.75, 3.05) is 13.6 Å². The normalized spacial score (nSPS) is 11.6. The van der Waals surface area contributed by atoms with Crippen LogP contribution < -0.4 is 15.4 Å². The first-order valence-corrected chi connectivity index (χ1v) is 7.77. The minimum Gasteiger partial charge on any atom is -0.491 e. The third kappa shape index (κ3) is 6.52. The van der Waals surface area contributed by atoms with Crippen molar-refractivity contribution < 1.29 is 4.74 Å². The number of hydrogen-bond acceptors (Lipinski definition) is 2. The van der Waals surface area contributed by atoms with E-state index in [2.05, 4.69) is 47.7 Å². The fraction of sp³-hybridized carbons (Fsp3) is 0.588. The Morgan fingerprint density at radius 3 is 2.67 bits per heavy atom. The fourth-order valence-corrected chi connectivity index (χ4v) is 1.95. The first-order chi connectivity index (χ1) is 10.1. The number of unbranched alkanes of at least 4 members (excludes halogenated alkanes) is 1. The Morgan fingerprint density at radius 2 is 2.05 bits per heavy atom. The molecule has 0 aliphatic carbocycles. The van der Waals surface area contributed by atoms with Gasteiger partial charge in [-0.05, 0) is 38.8 Å². The van der Waals surface area contributed by atoms with Crippen molar-refractivity contribution in [2.45, 2.75) is 53.2 Å². The molecule has 0 aliphatic rings. The van der Waals surface area contributed by atoms with Gasteiger partial charge in [0.15, 0.2) is 5.96 Å². The first-order valence-electron chi connectivity index (χ1n) is 7.77. The van der Waals surface area contributed by atoms with E-state index in [0.717, 1.165) is 30.2 Å². The highest BCUT2D eigenvalue weighted by atomic mass is 16.5. The van der Waals surface area contributed by atoms with Crippen molar-refractivity contribution >= 4 is 5.96 Å². The van der Waals surface area contributed by atoms with Crippen molar-refractivity contribution in [3.05, 3.63) is 29.3 Å². The summed E-state index contributed by atoms with van der Waals surface area (Å²) in [4.78, 5) is 4.24. The van der Waals surface area contributed by atoms with E-state index in [-0.39, 0.29) is 6.10 Å². The third-order valence-corrected chi connectivity index (χ3v) is 3.08. The molecule has 2 N–H and O–H groups in total. The molecule has 4 nitrogen and oxygen atoms in total. The summed E-state index contributed by atoms with van der Waals surface area (Å²) in [5.41, 5.74) is 2.35. The molecule has 0 atom stereocenters. The molecule has 0 unspecified atom stereocenters. The fourth-order valence-electron chi connectivity index (χ4n) is 1.95. The maximum Gasteiger partial charge on any atom is 0.191 e. The Labute approximate surface area is 129 Å². The van der Waals surface area contributed by atoms with Crippen LogP contribution in [-0.2, 0) is 6.54 Å². The molecule has 21 heavy (non-hydrogen) atoms. The Bertz CT molecular complexity index is 455. The quantitative estimate of drug-likeness (QED) is 0.460. The molecule has 4 heteroatoms. The zero-order chi connectivity index (χ0) is 15.7. The zero-order valence-electron chi connectivity index (χ0n) is 14.0. The van der Waals surface area contributed by atoms with Crippen LogP contribution in [0.3, 0.4) is 0 Å². The summed E-state index contributed by atoms with van der Waals surface area (Å²) in [6, 6.07) is 6.31. The van der Waals surface area contributed by atoms with Crippen LogP contribution in [0.5, 0.6) is 5.75 Å². The molecule has 1 rings (SSSR count). The number of aryl methyl sites for hydroxylation is 1. The van der Waals surface area contributed by atoms with E-state index in [4.69, 9.17) is 4.74 Å². The number of rotatable bonds is 7. The maximum atomic E-state index is 5.89. The Hall–Kier alpha value is -1.71. The number of hydrogen-bond donors (Lipinski definition) is 2. The van der Waals surface area contributed by atoms with E-state index >= 15 is 0 Å². The van der Waals surface area contributed by atoms with Gasteiger partial charge in [0.2, 0.25) is 0 Å². The van der Waals surface area contributed by atoms with Gasteiger partial charge in [-0.1, -0.05) is 25.5 Å². The van der Waals surface area contributed by atoms with E-state index in [1.165, 1.54) is 12.0 Å². The lowest BCUT2D eigenvalue weighted by molar-refractivity contribution is 0.239. The van der Waals surface area contributed by atoms with Crippen LogP contribution in [0.25, 0.3) is 0 Å². The summed E-state index contributed by atoms with van der Waals surface area (Å²) in [6.07, 6.45) is 2.49. The van der Waals surface area contributed by atoms with E-state index < -0.39 is 0 Å². The average molecular weight is 291 g/mol. The number of nitrogens with one attached hydrogen (secondary N) is 2. The molecular formula is C17H29N3O. The monoisotopic (exact) mass is 291 g/mol. The summed E-state index contributed by atoms with van der Waals surface area (Å²) in [5.74, 6) is 1.78. The number of nitrogens with zero attached hydrogens (tertiary/aromatic N) is 1. The summed E-state index contributed by atoms with van der Waals surface area (Å²) in [7, 11) is 1.79. The van der Waals surface area contributed by atoms with E-state index in [0.29, 0.717) is 6.54 Å². The van der Waals surface area contributed by atoms with Crippen LogP contribution in [0.4, 0.5) is 0 Å². The van der Waals surface area contributed by atoms with Gasteiger partial charge in [0.05, 0.1) is 6.10 Å². The SMILES string of the molecule is CCCCNC(=NC)NCc1ccc(C)cc1OC(C)C. The first kappa shape index (κ1) is 17.3. The predicted molar refractivity (Wildman–Crippen MR) is 90.1 cm³/mol. The Kier molecular flexibility index (Phi) is 7.65. The third-order valence-electron chi connectivity index (χ3n) is 3.08. The molecule has 0 amide bonds. The van der Waals surface area contributed by atoms with Gasteiger partial charge in [0.1, 0.15) is 5.75 Å². The van der Waals surface area contributed by atoms with Crippen molar-refractivity contribution in [1.82, 2.24) is 10.6 Å². The molecule has 118 valence electrons. The number of aliphatic imine (C=N–C) groups is 1. The summed E-state index contributed by atoms with van der Waals surface area (Å²) < 4.78 is 5.89. The van der Waals surface area contributed by atoms with Gasteiger partial charge < -0.3 is 15.4 Å². The second-order valence-electron chi connectivity index (χ2n) is 5.48. The van der Waals surface area contributed by atoms with Crippen molar-refractivity contribution in [3.8, 4) is 5.75 Å². The standard InChI is InChI=1S/C17H29N3O/c1-6-7-10-19-17(18-5)20-12-15-9-8-14(4)11-16(15)21-13(2)3/h8-9,11,13H,6-7,10,12H2,1-5H3,(H2,18,19,20). The lowest BCUT2D eigenvalue weighted by Gasteiger charge is -2.17. The molecule has 0 saturated heterocycles. The Morgan fingerprint density at radius 1 is 1.29 bits per heavy atom. The number of guanidine groups is 1. The molecule has 0 heterocycles. The van der Waals surface area contributed by atoms with Crippen LogP contribution in [0.2, 0.25) is 0 Å². The van der Waals surface area contributed by atoms with E-state index in [1.54, 1.807) is 7.05 Å². The number of benzene rings is 1. The van der Waals surface area contributed by atoms with Crippen LogP contribution >= 0.6 is 0 Å². The second kappa shape index (κ2) is 9.27. The lowest BCUT2D eigenvalue weighted by atomic mass is 10.1. The minimum absolute atomic E-state index is 0.174. The van der Waals surface area contributed by atoms with Gasteiger partial charge in [-0.25, -0.2) is 0 Å². The summed E-state index contributed by atoms with van der Waals surface area (Å²) in [5, 5.41) is 6.65. The van der Waals surface area contributed by atoms with Gasteiger partial charge in [-0.15, -0.1) is 0 Å². The van der Waals surface area contributed by atoms with Crippen molar-refractivity contribution in [1.29, 1.82) is 0 Å². The molecule has 0 aliphatic heterocycles. The molecule has 1 aromatic carbocycles. The molecule has 1 aromatic rings. The zero-order valence-corrected chi connectivity index (χ0v) is 14.0. The van der Waals surface area contributed by atoms with Crippen LogP contribution in [0.15, 0.2) is 23.2 Å². The van der Waals surface area contributed by atoms with Crippen molar-refractivity contribution in [3.63, 3.8) is 0 Å². The highest BCUT2D eigenvalue weighted by Crippen LogP contribution is 2.21. The molecule has 0 saturated carbocycles. The molecule has 0 spiro atoms. The topological polar surface area (TPSA) is 45.7 Å². The lowest BCUT2D eigenvalue weighted by Crippen LogP contribution is -2.37. The number of ether oxygens (including phenoxy) is 1. The molecular weight excluding hydrogens is 262 g/mol. The Balaban J connectivity index is 2.64. The summed E-state index contributed by atoms with van der Waals surface area (Å²) in [6.45, 7) is 10.00. The minimum atomic E-state index is 0.174. The van der Waals surface area contributed by atoms with Crippen LogP contribution in [0, 0.1) is 6.92 Å². The predicted octanol–water partition coefficient (Wildman–Crippen LogP) is 3.25. The molecule has 0 bridgehead atoms. The second-order valence-corrected chi connectivity index (χ2v) is 5.48. The molecule has 0 radical (unpaired) electrons. The molecule has 0 fully saturated rings.